The fraction of sp³-hybridized carbons (Fsp3) is 0.188. The zero-order valence-electron chi connectivity index (χ0n) is 13.4. The number of nitrogens with one attached hydrogen (secondary N) is 1. The van der Waals surface area contributed by atoms with Crippen molar-refractivity contribution in [3.05, 3.63) is 64.7 Å². The Labute approximate surface area is 149 Å². The van der Waals surface area contributed by atoms with Crippen molar-refractivity contribution in [1.29, 1.82) is 0 Å². The lowest BCUT2D eigenvalue weighted by Crippen LogP contribution is -2.30. The number of alkyl halides is 6. The van der Waals surface area contributed by atoms with Gasteiger partial charge in [0, 0.05) is 12.1 Å². The molecule has 1 amide bonds. The number of hydrogen-bond acceptors (Lipinski definition) is 3. The minimum atomic E-state index is -5.04. The maximum Gasteiger partial charge on any atom is 0.488 e. The average molecular weight is 391 g/mol. The van der Waals surface area contributed by atoms with Crippen molar-refractivity contribution in [2.45, 2.75) is 18.9 Å². The molecule has 2 rings (SSSR count). The quantitative estimate of drug-likeness (QED) is 0.554. The Hall–Kier alpha value is -2.53. The molecule has 0 aliphatic heterocycles. The highest BCUT2D eigenvalue weighted by atomic mass is 19.4. The monoisotopic (exact) mass is 391 g/mol. The zero-order valence-corrected chi connectivity index (χ0v) is 13.4. The van der Waals surface area contributed by atoms with Crippen LogP contribution in [0.2, 0.25) is 0 Å². The van der Waals surface area contributed by atoms with Gasteiger partial charge in [0.1, 0.15) is 0 Å². The summed E-state index contributed by atoms with van der Waals surface area (Å²) in [5.41, 5.74) is -3.30. The smallest absolute Gasteiger partial charge is 0.423 e. The van der Waals surface area contributed by atoms with Gasteiger partial charge in [-0.2, -0.15) is 26.3 Å². The third kappa shape index (κ3) is 5.47. The number of carbonyl (C=O) groups excluding carboxylic acids is 1. The highest BCUT2D eigenvalue weighted by molar-refractivity contribution is 6.58. The van der Waals surface area contributed by atoms with Crippen molar-refractivity contribution < 1.29 is 41.2 Å². The molecule has 3 N–H and O–H groups in total. The molecule has 0 heterocycles. The van der Waals surface area contributed by atoms with Crippen LogP contribution >= 0.6 is 0 Å². The molecule has 27 heavy (non-hydrogen) atoms. The molecular formula is C16H12BF6NO3. The number of rotatable bonds is 4. The SMILES string of the molecule is O=C(NCc1ccc(B(O)O)cc1)c1cc(C(F)(F)F)cc(C(F)(F)F)c1. The predicted octanol–water partition coefficient (Wildman–Crippen LogP) is 2.33. The zero-order chi connectivity index (χ0) is 20.4. The van der Waals surface area contributed by atoms with E-state index in [2.05, 4.69) is 5.32 Å². The van der Waals surface area contributed by atoms with Crippen LogP contribution in [-0.2, 0) is 18.9 Å². The van der Waals surface area contributed by atoms with Gasteiger partial charge in [0.2, 0.25) is 0 Å². The molecule has 0 saturated heterocycles. The molecule has 0 aliphatic rings. The molecule has 2 aromatic carbocycles. The third-order valence-corrected chi connectivity index (χ3v) is 3.58. The Morgan fingerprint density at radius 1 is 0.889 bits per heavy atom. The van der Waals surface area contributed by atoms with Gasteiger partial charge in [0.25, 0.3) is 5.91 Å². The van der Waals surface area contributed by atoms with E-state index in [-0.39, 0.29) is 18.1 Å². The van der Waals surface area contributed by atoms with E-state index in [4.69, 9.17) is 10.0 Å². The van der Waals surface area contributed by atoms with E-state index in [0.29, 0.717) is 17.7 Å². The Morgan fingerprint density at radius 3 is 1.78 bits per heavy atom. The summed E-state index contributed by atoms with van der Waals surface area (Å²) in [7, 11) is -1.69. The molecule has 4 nitrogen and oxygen atoms in total. The van der Waals surface area contributed by atoms with Crippen molar-refractivity contribution in [3.8, 4) is 0 Å². The summed E-state index contributed by atoms with van der Waals surface area (Å²) in [5, 5.41) is 20.2. The second-order valence-electron chi connectivity index (χ2n) is 5.59. The normalized spacial score (nSPS) is 12.0. The lowest BCUT2D eigenvalue weighted by atomic mass is 9.80. The molecule has 144 valence electrons. The van der Waals surface area contributed by atoms with Crippen molar-refractivity contribution >= 4 is 18.5 Å². The maximum absolute atomic E-state index is 12.8. The average Bonchev–Trinajstić information content (AvgIpc) is 2.58. The fourth-order valence-corrected chi connectivity index (χ4v) is 2.18. The van der Waals surface area contributed by atoms with E-state index in [1.54, 1.807) is 0 Å². The molecule has 0 unspecified atom stereocenters. The van der Waals surface area contributed by atoms with E-state index < -0.39 is 42.1 Å². The number of carbonyl (C=O) groups is 1. The minimum Gasteiger partial charge on any atom is -0.423 e. The summed E-state index contributed by atoms with van der Waals surface area (Å²) in [6.07, 6.45) is -10.1. The van der Waals surface area contributed by atoms with Crippen LogP contribution in [0.15, 0.2) is 42.5 Å². The van der Waals surface area contributed by atoms with E-state index in [0.717, 1.165) is 0 Å². The van der Waals surface area contributed by atoms with Gasteiger partial charge in [-0.1, -0.05) is 24.3 Å². The van der Waals surface area contributed by atoms with Gasteiger partial charge >= 0.3 is 19.5 Å². The van der Waals surface area contributed by atoms with Crippen LogP contribution in [0.4, 0.5) is 26.3 Å². The minimum absolute atomic E-state index is 0.0598. The van der Waals surface area contributed by atoms with Crippen LogP contribution in [0, 0.1) is 0 Å². The number of hydrogen-bond donors (Lipinski definition) is 3. The van der Waals surface area contributed by atoms with Crippen LogP contribution in [0.25, 0.3) is 0 Å². The highest BCUT2D eigenvalue weighted by Gasteiger charge is 2.37. The van der Waals surface area contributed by atoms with Crippen LogP contribution in [0.1, 0.15) is 27.0 Å². The maximum atomic E-state index is 12.8. The molecule has 0 bridgehead atoms. The van der Waals surface area contributed by atoms with Gasteiger partial charge in [-0.25, -0.2) is 0 Å². The summed E-state index contributed by atoms with van der Waals surface area (Å²) in [4.78, 5) is 12.0. The summed E-state index contributed by atoms with van der Waals surface area (Å²) >= 11 is 0. The lowest BCUT2D eigenvalue weighted by Gasteiger charge is -2.14. The lowest BCUT2D eigenvalue weighted by molar-refractivity contribution is -0.143. The molecule has 0 saturated carbocycles. The van der Waals surface area contributed by atoms with Gasteiger partial charge in [-0.05, 0) is 29.2 Å². The topological polar surface area (TPSA) is 69.6 Å². The van der Waals surface area contributed by atoms with Crippen LogP contribution in [0.5, 0.6) is 0 Å². The van der Waals surface area contributed by atoms with E-state index in [1.807, 2.05) is 0 Å². The molecule has 0 radical (unpaired) electrons. The predicted molar refractivity (Wildman–Crippen MR) is 83.9 cm³/mol. The first-order valence-electron chi connectivity index (χ1n) is 7.40. The first-order chi connectivity index (χ1) is 12.4. The molecule has 0 atom stereocenters. The van der Waals surface area contributed by atoms with Crippen molar-refractivity contribution in [1.82, 2.24) is 5.32 Å². The van der Waals surface area contributed by atoms with Crippen molar-refractivity contribution in [3.63, 3.8) is 0 Å². The van der Waals surface area contributed by atoms with Crippen LogP contribution in [-0.4, -0.2) is 23.1 Å². The second-order valence-corrected chi connectivity index (χ2v) is 5.59. The van der Waals surface area contributed by atoms with E-state index in [9.17, 15) is 31.1 Å². The summed E-state index contributed by atoms with van der Waals surface area (Å²) in [6, 6.07) is 6.16. The largest absolute Gasteiger partial charge is 0.488 e. The van der Waals surface area contributed by atoms with Gasteiger partial charge in [0.15, 0.2) is 0 Å². The number of amides is 1. The second kappa shape index (κ2) is 7.61. The molecule has 0 spiro atoms. The molecule has 11 heteroatoms. The van der Waals surface area contributed by atoms with Crippen molar-refractivity contribution in [2.24, 2.45) is 0 Å². The highest BCUT2D eigenvalue weighted by Crippen LogP contribution is 2.36. The standard InChI is InChI=1S/C16H12BF6NO3/c18-15(19,20)11-5-10(6-12(7-11)16(21,22)23)14(25)24-8-9-1-3-13(4-2-9)17(26)27/h1-7,26-27H,8H2,(H,24,25). The number of benzene rings is 2. The first kappa shape index (κ1) is 20.8. The fourth-order valence-electron chi connectivity index (χ4n) is 2.18. The molecule has 2 aromatic rings. The summed E-state index contributed by atoms with van der Waals surface area (Å²) < 4.78 is 76.9. The Morgan fingerprint density at radius 2 is 1.37 bits per heavy atom. The Bertz CT molecular complexity index is 786. The number of halogens is 6. The van der Waals surface area contributed by atoms with E-state index in [1.165, 1.54) is 24.3 Å². The van der Waals surface area contributed by atoms with Gasteiger partial charge in [0.05, 0.1) is 11.1 Å². The summed E-state index contributed by atoms with van der Waals surface area (Å²) in [6.45, 7) is -0.182. The Balaban J connectivity index is 2.22. The van der Waals surface area contributed by atoms with Crippen molar-refractivity contribution in [2.75, 3.05) is 0 Å². The summed E-state index contributed by atoms with van der Waals surface area (Å²) in [5.74, 6) is -1.11. The molecule has 0 aromatic heterocycles. The van der Waals surface area contributed by atoms with Gasteiger partial charge in [-0.15, -0.1) is 0 Å². The van der Waals surface area contributed by atoms with Gasteiger partial charge < -0.3 is 15.4 Å². The molecule has 0 fully saturated rings. The van der Waals surface area contributed by atoms with Gasteiger partial charge in [-0.3, -0.25) is 4.79 Å². The first-order valence-corrected chi connectivity index (χ1v) is 7.40. The molecular weight excluding hydrogens is 379 g/mol. The third-order valence-electron chi connectivity index (χ3n) is 3.58. The van der Waals surface area contributed by atoms with E-state index >= 15 is 0 Å². The molecule has 0 aliphatic carbocycles. The van der Waals surface area contributed by atoms with Crippen LogP contribution in [0.3, 0.4) is 0 Å². The Kier molecular flexibility index (Phi) is 5.86. The van der Waals surface area contributed by atoms with Crippen LogP contribution < -0.4 is 10.8 Å².